The lowest BCUT2D eigenvalue weighted by Crippen LogP contribution is -2.49. The van der Waals surface area contributed by atoms with Gasteiger partial charge >= 0.3 is 12.1 Å². The summed E-state index contributed by atoms with van der Waals surface area (Å²) >= 11 is 0. The molecule has 162 valence electrons. The van der Waals surface area contributed by atoms with Gasteiger partial charge in [0.25, 0.3) is 0 Å². The van der Waals surface area contributed by atoms with Crippen LogP contribution in [-0.4, -0.2) is 59.7 Å². The summed E-state index contributed by atoms with van der Waals surface area (Å²) in [6.45, 7) is 2.32. The van der Waals surface area contributed by atoms with Gasteiger partial charge in [0.2, 0.25) is 5.91 Å². The fraction of sp³-hybridized carbons (Fsp3) is 0.824. The van der Waals surface area contributed by atoms with Crippen molar-refractivity contribution < 1.29 is 27.9 Å². The second-order valence-electron chi connectivity index (χ2n) is 7.29. The van der Waals surface area contributed by atoms with Crippen molar-refractivity contribution in [2.45, 2.75) is 57.2 Å². The van der Waals surface area contributed by atoms with Crippen LogP contribution in [0, 0.1) is 17.2 Å². The maximum atomic E-state index is 12.2. The molecule has 1 aliphatic carbocycles. The Bertz CT molecular complexity index is 531. The van der Waals surface area contributed by atoms with Gasteiger partial charge in [0.05, 0.1) is 6.04 Å². The Morgan fingerprint density at radius 1 is 1.14 bits per heavy atom. The Balaban J connectivity index is 0.000000480. The van der Waals surface area contributed by atoms with Gasteiger partial charge in [-0.2, -0.15) is 13.2 Å². The van der Waals surface area contributed by atoms with E-state index in [1.807, 2.05) is 4.90 Å². The van der Waals surface area contributed by atoms with Crippen LogP contribution >= 0.6 is 0 Å². The molecular weight excluding hydrogens is 379 g/mol. The van der Waals surface area contributed by atoms with Gasteiger partial charge in [-0.05, 0) is 37.5 Å². The van der Waals surface area contributed by atoms with E-state index in [1.165, 1.54) is 19.3 Å². The smallest absolute Gasteiger partial charge is 0.475 e. The van der Waals surface area contributed by atoms with E-state index >= 15 is 0 Å². The van der Waals surface area contributed by atoms with Crippen molar-refractivity contribution in [1.29, 1.82) is 5.41 Å². The number of alkyl halides is 3. The molecule has 0 spiro atoms. The molecular formula is C17H30F3N5O3. The van der Waals surface area contributed by atoms with Gasteiger partial charge in [-0.3, -0.25) is 10.2 Å². The van der Waals surface area contributed by atoms with Crippen LogP contribution in [0.5, 0.6) is 0 Å². The average Bonchev–Trinajstić information content (AvgIpc) is 2.66. The first-order valence-electron chi connectivity index (χ1n) is 9.44. The van der Waals surface area contributed by atoms with Crippen molar-refractivity contribution in [3.8, 4) is 0 Å². The summed E-state index contributed by atoms with van der Waals surface area (Å²) in [4.78, 5) is 22.9. The fourth-order valence-corrected chi connectivity index (χ4v) is 3.45. The summed E-state index contributed by atoms with van der Waals surface area (Å²) in [6.07, 6.45) is 2.72. The molecule has 2 fully saturated rings. The minimum atomic E-state index is -5.08. The average molecular weight is 409 g/mol. The number of piperidine rings is 1. The van der Waals surface area contributed by atoms with E-state index < -0.39 is 12.1 Å². The molecule has 11 heteroatoms. The van der Waals surface area contributed by atoms with Crippen molar-refractivity contribution in [3.05, 3.63) is 0 Å². The maximum Gasteiger partial charge on any atom is 0.490 e. The second kappa shape index (κ2) is 11.1. The number of nitrogens with zero attached hydrogens (tertiary/aromatic N) is 1. The molecule has 0 aromatic rings. The first kappa shape index (κ1) is 24.0. The van der Waals surface area contributed by atoms with E-state index in [2.05, 4.69) is 5.32 Å². The van der Waals surface area contributed by atoms with Gasteiger partial charge in [-0.25, -0.2) is 4.79 Å². The van der Waals surface area contributed by atoms with Crippen molar-refractivity contribution in [2.24, 2.45) is 23.3 Å². The number of aliphatic carboxylic acids is 1. The topological polar surface area (TPSA) is 146 Å². The number of nitrogens with one attached hydrogen (secondary N) is 2. The molecule has 1 amide bonds. The molecule has 7 N–H and O–H groups in total. The monoisotopic (exact) mass is 409 g/mol. The van der Waals surface area contributed by atoms with Gasteiger partial charge in [0.1, 0.15) is 0 Å². The molecule has 0 radical (unpaired) electrons. The van der Waals surface area contributed by atoms with Crippen molar-refractivity contribution in [1.82, 2.24) is 10.2 Å². The summed E-state index contributed by atoms with van der Waals surface area (Å²) < 4.78 is 31.7. The SMILES string of the molecule is N=C(N)N1CCC(CNC(=O)[C@@H](N)C2CCCCC2)CC1.O=C(O)C(F)(F)F. The molecule has 1 atom stereocenters. The normalized spacial score (nSPS) is 19.9. The van der Waals surface area contributed by atoms with Crippen molar-refractivity contribution in [3.63, 3.8) is 0 Å². The molecule has 1 aliphatic heterocycles. The van der Waals surface area contributed by atoms with Crippen LogP contribution in [0.1, 0.15) is 44.9 Å². The standard InChI is InChI=1S/C15H29N5O.C2HF3O2/c16-13(12-4-2-1-3-5-12)14(21)19-10-11-6-8-20(9-7-11)15(17)18;3-2(4,5)1(6)7/h11-13H,1-10,16H2,(H3,17,18)(H,19,21);(H,6,7)/t13-;/m0./s1. The number of amides is 1. The molecule has 0 aromatic carbocycles. The Kier molecular flexibility index (Phi) is 9.50. The Labute approximate surface area is 162 Å². The number of carbonyl (C=O) groups excluding carboxylic acids is 1. The van der Waals surface area contributed by atoms with Crippen LogP contribution in [-0.2, 0) is 9.59 Å². The van der Waals surface area contributed by atoms with Crippen LogP contribution < -0.4 is 16.8 Å². The number of carbonyl (C=O) groups is 2. The van der Waals surface area contributed by atoms with Crippen LogP contribution in [0.4, 0.5) is 13.2 Å². The molecule has 28 heavy (non-hydrogen) atoms. The third-order valence-corrected chi connectivity index (χ3v) is 5.22. The van der Waals surface area contributed by atoms with Crippen molar-refractivity contribution >= 4 is 17.8 Å². The van der Waals surface area contributed by atoms with Gasteiger partial charge in [0, 0.05) is 19.6 Å². The number of guanidine groups is 1. The minimum absolute atomic E-state index is 0.0101. The van der Waals surface area contributed by atoms with Gasteiger partial charge in [0.15, 0.2) is 5.96 Å². The minimum Gasteiger partial charge on any atom is -0.475 e. The van der Waals surface area contributed by atoms with E-state index in [-0.39, 0.29) is 17.9 Å². The predicted molar refractivity (Wildman–Crippen MR) is 97.5 cm³/mol. The lowest BCUT2D eigenvalue weighted by Gasteiger charge is -2.32. The Morgan fingerprint density at radius 3 is 2.07 bits per heavy atom. The van der Waals surface area contributed by atoms with E-state index in [9.17, 15) is 18.0 Å². The summed E-state index contributed by atoms with van der Waals surface area (Å²) in [7, 11) is 0. The highest BCUT2D eigenvalue weighted by molar-refractivity contribution is 5.81. The van der Waals surface area contributed by atoms with E-state index in [0.29, 0.717) is 18.4 Å². The second-order valence-corrected chi connectivity index (χ2v) is 7.29. The maximum absolute atomic E-state index is 12.2. The lowest BCUT2D eigenvalue weighted by atomic mass is 9.84. The number of likely N-dealkylation sites (tertiary alicyclic amines) is 1. The van der Waals surface area contributed by atoms with Crippen LogP contribution in [0.3, 0.4) is 0 Å². The molecule has 1 saturated carbocycles. The van der Waals surface area contributed by atoms with E-state index in [0.717, 1.165) is 38.8 Å². The zero-order chi connectivity index (χ0) is 21.3. The Morgan fingerprint density at radius 2 is 1.64 bits per heavy atom. The van der Waals surface area contributed by atoms with Gasteiger partial charge in [-0.1, -0.05) is 19.3 Å². The third kappa shape index (κ3) is 8.32. The number of hydrogen-bond donors (Lipinski definition) is 5. The van der Waals surface area contributed by atoms with E-state index in [1.54, 1.807) is 0 Å². The van der Waals surface area contributed by atoms with E-state index in [4.69, 9.17) is 26.8 Å². The molecule has 1 saturated heterocycles. The molecule has 0 unspecified atom stereocenters. The first-order valence-corrected chi connectivity index (χ1v) is 9.44. The van der Waals surface area contributed by atoms with Crippen LogP contribution in [0.25, 0.3) is 0 Å². The number of carboxylic acids is 1. The zero-order valence-corrected chi connectivity index (χ0v) is 15.8. The summed E-state index contributed by atoms with van der Waals surface area (Å²) in [6, 6.07) is -0.345. The largest absolute Gasteiger partial charge is 0.490 e. The Hall–Kier alpha value is -2.04. The zero-order valence-electron chi connectivity index (χ0n) is 15.8. The van der Waals surface area contributed by atoms with Crippen LogP contribution in [0.15, 0.2) is 0 Å². The summed E-state index contributed by atoms with van der Waals surface area (Å²) in [5, 5.41) is 17.6. The molecule has 0 aromatic heterocycles. The highest BCUT2D eigenvalue weighted by atomic mass is 19.4. The van der Waals surface area contributed by atoms with Crippen LogP contribution in [0.2, 0.25) is 0 Å². The number of carboxylic acid groups (broad SMARTS) is 1. The quantitative estimate of drug-likeness (QED) is 0.349. The van der Waals surface area contributed by atoms with Gasteiger partial charge < -0.3 is 26.8 Å². The predicted octanol–water partition coefficient (Wildman–Crippen LogP) is 1.25. The summed E-state index contributed by atoms with van der Waals surface area (Å²) in [5.74, 6) is -1.76. The fourth-order valence-electron chi connectivity index (χ4n) is 3.45. The highest BCUT2D eigenvalue weighted by Crippen LogP contribution is 2.25. The molecule has 2 aliphatic rings. The molecule has 1 heterocycles. The number of nitrogens with two attached hydrogens (primary N) is 2. The third-order valence-electron chi connectivity index (χ3n) is 5.22. The first-order chi connectivity index (χ1) is 13.0. The number of halogens is 3. The highest BCUT2D eigenvalue weighted by Gasteiger charge is 2.38. The molecule has 2 rings (SSSR count). The van der Waals surface area contributed by atoms with Crippen molar-refractivity contribution in [2.75, 3.05) is 19.6 Å². The number of rotatable bonds is 4. The number of hydrogen-bond acceptors (Lipinski definition) is 4. The molecule has 0 bridgehead atoms. The lowest BCUT2D eigenvalue weighted by molar-refractivity contribution is -0.192. The van der Waals surface area contributed by atoms with Gasteiger partial charge in [-0.15, -0.1) is 0 Å². The summed E-state index contributed by atoms with van der Waals surface area (Å²) in [5.41, 5.74) is 11.6. The molecule has 8 nitrogen and oxygen atoms in total.